The third kappa shape index (κ3) is 6.20. The van der Waals surface area contributed by atoms with Crippen molar-refractivity contribution in [1.82, 2.24) is 5.43 Å². The molecule has 0 aromatic heterocycles. The van der Waals surface area contributed by atoms with Crippen LogP contribution in [0.2, 0.25) is 15.1 Å². The topological polar surface area (TPSA) is 79.8 Å². The van der Waals surface area contributed by atoms with Gasteiger partial charge in [0.2, 0.25) is 0 Å². The average Bonchev–Trinajstić information content (AvgIpc) is 2.76. The number of carbonyl (C=O) groups is 2. The number of ether oxygens (including phenoxy) is 1. The van der Waals surface area contributed by atoms with E-state index < -0.39 is 17.6 Å². The molecule has 0 radical (unpaired) electrons. The van der Waals surface area contributed by atoms with E-state index in [-0.39, 0.29) is 27.9 Å². The lowest BCUT2D eigenvalue weighted by Crippen LogP contribution is -2.32. The Balaban J connectivity index is 1.66. The van der Waals surface area contributed by atoms with Crippen molar-refractivity contribution in [2.75, 3.05) is 5.32 Å². The predicted molar refractivity (Wildman–Crippen MR) is 123 cm³/mol. The van der Waals surface area contributed by atoms with Crippen molar-refractivity contribution in [3.05, 3.63) is 92.7 Å². The number of hydrogen-bond donors (Lipinski definition) is 2. The van der Waals surface area contributed by atoms with Crippen LogP contribution in [0.3, 0.4) is 0 Å². The van der Waals surface area contributed by atoms with Crippen LogP contribution in [0.4, 0.5) is 10.1 Å². The molecule has 10 heteroatoms. The summed E-state index contributed by atoms with van der Waals surface area (Å²) in [7, 11) is 0. The number of hydrazone groups is 1. The number of halogens is 4. The molecule has 2 N–H and O–H groups in total. The van der Waals surface area contributed by atoms with Crippen molar-refractivity contribution < 1.29 is 18.7 Å². The second-order valence-electron chi connectivity index (χ2n) is 6.30. The largest absolute Gasteiger partial charge is 0.488 e. The minimum atomic E-state index is -1.01. The van der Waals surface area contributed by atoms with E-state index in [4.69, 9.17) is 39.5 Å². The maximum atomic E-state index is 14.0. The van der Waals surface area contributed by atoms with Crippen molar-refractivity contribution in [3.63, 3.8) is 0 Å². The molecule has 0 atom stereocenters. The first-order valence-electron chi connectivity index (χ1n) is 9.09. The summed E-state index contributed by atoms with van der Waals surface area (Å²) in [6.45, 7) is -0.138. The molecule has 0 bridgehead atoms. The summed E-state index contributed by atoms with van der Waals surface area (Å²) < 4.78 is 19.6. The fraction of sp³-hybridized carbons (Fsp3) is 0.0455. The molecule has 3 rings (SSSR count). The smallest absolute Gasteiger partial charge is 0.329 e. The number of hydrogen-bond acceptors (Lipinski definition) is 4. The molecule has 0 unspecified atom stereocenters. The van der Waals surface area contributed by atoms with Gasteiger partial charge in [0.1, 0.15) is 18.2 Å². The third-order valence-electron chi connectivity index (χ3n) is 4.10. The summed E-state index contributed by atoms with van der Waals surface area (Å²) in [5.41, 5.74) is 2.97. The number of amides is 2. The molecule has 164 valence electrons. The first-order chi connectivity index (χ1) is 15.3. The van der Waals surface area contributed by atoms with Crippen molar-refractivity contribution in [3.8, 4) is 5.75 Å². The van der Waals surface area contributed by atoms with Gasteiger partial charge >= 0.3 is 11.8 Å². The monoisotopic (exact) mass is 493 g/mol. The molecule has 2 amide bonds. The molecule has 3 aromatic rings. The normalized spacial score (nSPS) is 10.8. The molecule has 6 nitrogen and oxygen atoms in total. The zero-order valence-electron chi connectivity index (χ0n) is 16.2. The van der Waals surface area contributed by atoms with Gasteiger partial charge in [-0.2, -0.15) is 5.10 Å². The molecular weight excluding hydrogens is 480 g/mol. The van der Waals surface area contributed by atoms with Crippen LogP contribution in [-0.4, -0.2) is 18.0 Å². The molecule has 0 fully saturated rings. The van der Waals surface area contributed by atoms with Crippen LogP contribution in [-0.2, 0) is 16.2 Å². The summed E-state index contributed by atoms with van der Waals surface area (Å²) in [4.78, 5) is 24.0. The Hall–Kier alpha value is -3.13. The number of benzene rings is 3. The number of nitrogens with zero attached hydrogens (tertiary/aromatic N) is 1. The lowest BCUT2D eigenvalue weighted by atomic mass is 10.2. The fourth-order valence-corrected chi connectivity index (χ4v) is 3.11. The Labute approximate surface area is 197 Å². The molecule has 0 heterocycles. The van der Waals surface area contributed by atoms with Crippen molar-refractivity contribution in [2.24, 2.45) is 5.10 Å². The summed E-state index contributed by atoms with van der Waals surface area (Å²) in [6.07, 6.45) is 1.24. The van der Waals surface area contributed by atoms with Gasteiger partial charge in [-0.1, -0.05) is 53.0 Å². The SMILES string of the molecule is O=C(N/N=C\c1cc(Cl)ccc1OCc1c(F)cccc1Cl)C(=O)Nc1ccccc1Cl. The second kappa shape index (κ2) is 10.9. The lowest BCUT2D eigenvalue weighted by molar-refractivity contribution is -0.136. The van der Waals surface area contributed by atoms with Gasteiger partial charge in [-0.15, -0.1) is 0 Å². The van der Waals surface area contributed by atoms with E-state index in [1.165, 1.54) is 24.4 Å². The highest BCUT2D eigenvalue weighted by Crippen LogP contribution is 2.25. The summed E-state index contributed by atoms with van der Waals surface area (Å²) in [6, 6.07) is 15.5. The highest BCUT2D eigenvalue weighted by atomic mass is 35.5. The highest BCUT2D eigenvalue weighted by molar-refractivity contribution is 6.41. The van der Waals surface area contributed by atoms with Crippen LogP contribution in [0.1, 0.15) is 11.1 Å². The molecule has 0 spiro atoms. The number of carbonyl (C=O) groups excluding carboxylic acids is 2. The fourth-order valence-electron chi connectivity index (χ4n) is 2.52. The molecule has 3 aromatic carbocycles. The quantitative estimate of drug-likeness (QED) is 0.271. The second-order valence-corrected chi connectivity index (χ2v) is 7.55. The van der Waals surface area contributed by atoms with Gasteiger partial charge < -0.3 is 10.1 Å². The molecule has 32 heavy (non-hydrogen) atoms. The first-order valence-corrected chi connectivity index (χ1v) is 10.2. The van der Waals surface area contributed by atoms with Crippen LogP contribution in [0.15, 0.2) is 65.8 Å². The Morgan fingerprint density at radius 3 is 2.47 bits per heavy atom. The lowest BCUT2D eigenvalue weighted by Gasteiger charge is -2.11. The molecular formula is C22H15Cl3FN3O3. The van der Waals surface area contributed by atoms with Crippen LogP contribution >= 0.6 is 34.8 Å². The summed E-state index contributed by atoms with van der Waals surface area (Å²) >= 11 is 18.0. The van der Waals surface area contributed by atoms with E-state index in [9.17, 15) is 14.0 Å². The first kappa shape index (κ1) is 23.5. The van der Waals surface area contributed by atoms with Gasteiger partial charge in [0.25, 0.3) is 0 Å². The maximum absolute atomic E-state index is 14.0. The van der Waals surface area contributed by atoms with Crippen molar-refractivity contribution >= 4 is 58.5 Å². The number of nitrogens with one attached hydrogen (secondary N) is 2. The predicted octanol–water partition coefficient (Wildman–Crippen LogP) is 5.45. The zero-order valence-corrected chi connectivity index (χ0v) is 18.5. The van der Waals surface area contributed by atoms with Gasteiger partial charge in [-0.05, 0) is 42.5 Å². The van der Waals surface area contributed by atoms with E-state index in [1.54, 1.807) is 42.5 Å². The summed E-state index contributed by atoms with van der Waals surface area (Å²) in [5, 5.41) is 7.03. The van der Waals surface area contributed by atoms with E-state index >= 15 is 0 Å². The zero-order chi connectivity index (χ0) is 23.1. The van der Waals surface area contributed by atoms with Crippen LogP contribution in [0.5, 0.6) is 5.75 Å². The van der Waals surface area contributed by atoms with Gasteiger partial charge in [0.05, 0.1) is 21.9 Å². The molecule has 0 saturated carbocycles. The van der Waals surface area contributed by atoms with E-state index in [1.807, 2.05) is 0 Å². The average molecular weight is 495 g/mol. The molecule has 0 aliphatic carbocycles. The van der Waals surface area contributed by atoms with Gasteiger partial charge in [-0.25, -0.2) is 9.82 Å². The van der Waals surface area contributed by atoms with Crippen LogP contribution in [0.25, 0.3) is 0 Å². The van der Waals surface area contributed by atoms with Crippen molar-refractivity contribution in [2.45, 2.75) is 6.61 Å². The minimum Gasteiger partial charge on any atom is -0.488 e. The minimum absolute atomic E-state index is 0.138. The van der Waals surface area contributed by atoms with E-state index in [0.29, 0.717) is 16.3 Å². The van der Waals surface area contributed by atoms with Gasteiger partial charge in [0, 0.05) is 16.1 Å². The van der Waals surface area contributed by atoms with Crippen LogP contribution < -0.4 is 15.5 Å². The standard InChI is InChI=1S/C22H15Cl3FN3O3/c23-14-8-9-20(32-12-15-16(24)5-3-6-18(15)26)13(10-14)11-27-29-22(31)21(30)28-19-7-2-1-4-17(19)25/h1-11H,12H2,(H,28,30)(H,29,31)/b27-11-. The molecule has 0 saturated heterocycles. The summed E-state index contributed by atoms with van der Waals surface area (Å²) in [5.74, 6) is -2.15. The maximum Gasteiger partial charge on any atom is 0.329 e. The number of rotatable bonds is 6. The van der Waals surface area contributed by atoms with E-state index in [0.717, 1.165) is 0 Å². The molecule has 0 aliphatic rings. The number of anilines is 1. The van der Waals surface area contributed by atoms with Gasteiger partial charge in [-0.3, -0.25) is 9.59 Å². The van der Waals surface area contributed by atoms with Crippen molar-refractivity contribution in [1.29, 1.82) is 0 Å². The number of para-hydroxylation sites is 1. The molecule has 0 aliphatic heterocycles. The Morgan fingerprint density at radius 2 is 1.72 bits per heavy atom. The van der Waals surface area contributed by atoms with E-state index in [2.05, 4.69) is 15.8 Å². The Morgan fingerprint density at radius 1 is 0.969 bits per heavy atom. The Bertz CT molecular complexity index is 1170. The Kier molecular flexibility index (Phi) is 8.05. The van der Waals surface area contributed by atoms with Crippen LogP contribution in [0, 0.1) is 5.82 Å². The highest BCUT2D eigenvalue weighted by Gasteiger charge is 2.14. The third-order valence-corrected chi connectivity index (χ3v) is 5.02. The van der Waals surface area contributed by atoms with Gasteiger partial charge in [0.15, 0.2) is 0 Å².